The van der Waals surface area contributed by atoms with E-state index in [1.54, 1.807) is 6.07 Å². The summed E-state index contributed by atoms with van der Waals surface area (Å²) in [6.45, 7) is 6.39. The van der Waals surface area contributed by atoms with Gasteiger partial charge in [-0.25, -0.2) is 0 Å². The Bertz CT molecular complexity index is 476. The molecule has 0 aliphatic carbocycles. The van der Waals surface area contributed by atoms with Crippen LogP contribution in [0.4, 0.5) is 5.69 Å². The van der Waals surface area contributed by atoms with E-state index in [9.17, 15) is 4.79 Å². The third-order valence-electron chi connectivity index (χ3n) is 3.44. The lowest BCUT2D eigenvalue weighted by Crippen LogP contribution is -2.32. The van der Waals surface area contributed by atoms with E-state index >= 15 is 0 Å². The Hall–Kier alpha value is -1.59. The molecule has 0 bridgehead atoms. The molecular formula is C15H22N2O3. The van der Waals surface area contributed by atoms with Crippen LogP contribution >= 0.6 is 0 Å². The van der Waals surface area contributed by atoms with Crippen molar-refractivity contribution in [1.82, 2.24) is 4.90 Å². The summed E-state index contributed by atoms with van der Waals surface area (Å²) in [5.41, 5.74) is 1.55. The highest BCUT2D eigenvalue weighted by molar-refractivity contribution is 5.98. The molecule has 110 valence electrons. The second kappa shape index (κ2) is 6.72. The van der Waals surface area contributed by atoms with E-state index < -0.39 is 0 Å². The van der Waals surface area contributed by atoms with Crippen molar-refractivity contribution < 1.29 is 14.6 Å². The Kier molecular flexibility index (Phi) is 4.98. The quantitative estimate of drug-likeness (QED) is 0.770. The van der Waals surface area contributed by atoms with Crippen molar-refractivity contribution in [3.63, 3.8) is 0 Å². The van der Waals surface area contributed by atoms with Crippen LogP contribution in [0.15, 0.2) is 18.2 Å². The molecule has 0 fully saturated rings. The van der Waals surface area contributed by atoms with Crippen LogP contribution in [0.1, 0.15) is 24.2 Å². The fourth-order valence-corrected chi connectivity index (χ4v) is 2.24. The predicted molar refractivity (Wildman–Crippen MR) is 78.6 cm³/mol. The van der Waals surface area contributed by atoms with E-state index in [1.807, 2.05) is 30.9 Å². The molecule has 1 heterocycles. The lowest BCUT2D eigenvalue weighted by molar-refractivity contribution is 0.0919. The van der Waals surface area contributed by atoms with Gasteiger partial charge in [0.25, 0.3) is 0 Å². The Morgan fingerprint density at radius 2 is 2.35 bits per heavy atom. The van der Waals surface area contributed by atoms with Gasteiger partial charge in [-0.15, -0.1) is 0 Å². The molecule has 0 amide bonds. The van der Waals surface area contributed by atoms with Gasteiger partial charge in [0, 0.05) is 12.1 Å². The number of ether oxygens (including phenoxy) is 1. The summed E-state index contributed by atoms with van der Waals surface area (Å²) >= 11 is 0. The first kappa shape index (κ1) is 14.8. The van der Waals surface area contributed by atoms with E-state index in [0.29, 0.717) is 18.7 Å². The number of anilines is 1. The molecule has 1 atom stereocenters. The minimum Gasteiger partial charge on any atom is -0.487 e. The number of likely N-dealkylation sites (N-methyl/N-ethyl adjacent to an activating group) is 1. The zero-order chi connectivity index (χ0) is 14.5. The molecule has 1 aromatic carbocycles. The second-order valence-electron chi connectivity index (χ2n) is 5.04. The molecule has 0 saturated heterocycles. The van der Waals surface area contributed by atoms with Gasteiger partial charge in [-0.05, 0) is 31.7 Å². The van der Waals surface area contributed by atoms with Gasteiger partial charge in [-0.3, -0.25) is 9.69 Å². The van der Waals surface area contributed by atoms with E-state index in [1.165, 1.54) is 0 Å². The maximum atomic E-state index is 12.2. The topological polar surface area (TPSA) is 61.8 Å². The maximum Gasteiger partial charge on any atom is 0.176 e. The van der Waals surface area contributed by atoms with Gasteiger partial charge in [0.05, 0.1) is 25.4 Å². The van der Waals surface area contributed by atoms with Gasteiger partial charge in [-0.1, -0.05) is 6.92 Å². The van der Waals surface area contributed by atoms with Crippen LogP contribution in [0, 0.1) is 0 Å². The number of hydrogen-bond donors (Lipinski definition) is 2. The number of carbonyl (C=O) groups is 1. The molecule has 0 spiro atoms. The standard InChI is InChI=1S/C15H22N2O3/c1-3-17(6-7-18)10-14(19)12-4-5-15-13(8-12)16-9-11(2)20-15/h4-5,8,11,16,18H,3,6-7,9-10H2,1-2H3. The zero-order valence-corrected chi connectivity index (χ0v) is 12.1. The van der Waals surface area contributed by atoms with Crippen molar-refractivity contribution in [2.45, 2.75) is 20.0 Å². The van der Waals surface area contributed by atoms with E-state index in [0.717, 1.165) is 24.5 Å². The van der Waals surface area contributed by atoms with Crippen LogP contribution < -0.4 is 10.1 Å². The van der Waals surface area contributed by atoms with Gasteiger partial charge >= 0.3 is 0 Å². The normalized spacial score (nSPS) is 17.3. The third kappa shape index (κ3) is 3.49. The van der Waals surface area contributed by atoms with E-state index in [-0.39, 0.29) is 18.5 Å². The van der Waals surface area contributed by atoms with Crippen LogP contribution in [0.5, 0.6) is 5.75 Å². The van der Waals surface area contributed by atoms with E-state index in [4.69, 9.17) is 9.84 Å². The number of nitrogens with one attached hydrogen (secondary N) is 1. The number of nitrogens with zero attached hydrogens (tertiary/aromatic N) is 1. The largest absolute Gasteiger partial charge is 0.487 e. The zero-order valence-electron chi connectivity index (χ0n) is 12.1. The monoisotopic (exact) mass is 278 g/mol. The number of hydrogen-bond acceptors (Lipinski definition) is 5. The number of benzene rings is 1. The average Bonchev–Trinajstić information content (AvgIpc) is 2.46. The van der Waals surface area contributed by atoms with Crippen LogP contribution in [-0.2, 0) is 0 Å². The van der Waals surface area contributed by atoms with Crippen LogP contribution in [0.2, 0.25) is 0 Å². The number of fused-ring (bicyclic) bond motifs is 1. The van der Waals surface area contributed by atoms with Crippen molar-refractivity contribution in [1.29, 1.82) is 0 Å². The summed E-state index contributed by atoms with van der Waals surface area (Å²) in [4.78, 5) is 14.2. The Morgan fingerprint density at radius 1 is 1.55 bits per heavy atom. The number of aliphatic hydroxyl groups is 1. The molecule has 5 heteroatoms. The van der Waals surface area contributed by atoms with Gasteiger partial charge in [0.15, 0.2) is 5.78 Å². The summed E-state index contributed by atoms with van der Waals surface area (Å²) in [5.74, 6) is 0.853. The molecular weight excluding hydrogens is 256 g/mol. The molecule has 2 rings (SSSR count). The van der Waals surface area contributed by atoms with Crippen LogP contribution in [-0.4, -0.2) is 54.7 Å². The summed E-state index contributed by atoms with van der Waals surface area (Å²) in [6.07, 6.45) is 0.143. The smallest absolute Gasteiger partial charge is 0.176 e. The Labute approximate surface area is 119 Å². The first-order chi connectivity index (χ1) is 9.63. The minimum atomic E-state index is 0.0588. The van der Waals surface area contributed by atoms with Gasteiger partial charge < -0.3 is 15.2 Å². The summed E-state index contributed by atoms with van der Waals surface area (Å²) < 4.78 is 5.69. The second-order valence-corrected chi connectivity index (χ2v) is 5.04. The number of ketones is 1. The number of aliphatic hydroxyl groups excluding tert-OH is 1. The van der Waals surface area contributed by atoms with Gasteiger partial charge in [0.2, 0.25) is 0 Å². The summed E-state index contributed by atoms with van der Waals surface area (Å²) in [5, 5.41) is 12.2. The first-order valence-corrected chi connectivity index (χ1v) is 7.05. The third-order valence-corrected chi connectivity index (χ3v) is 3.44. The molecule has 0 saturated carbocycles. The number of Topliss-reactive ketones (excluding diaryl/α,β-unsaturated/α-hetero) is 1. The lowest BCUT2D eigenvalue weighted by Gasteiger charge is -2.25. The summed E-state index contributed by atoms with van der Waals surface area (Å²) in [6, 6.07) is 5.48. The molecule has 1 aromatic rings. The highest BCUT2D eigenvalue weighted by atomic mass is 16.5. The van der Waals surface area contributed by atoms with Crippen molar-refractivity contribution in [2.24, 2.45) is 0 Å². The average molecular weight is 278 g/mol. The van der Waals surface area contributed by atoms with Crippen molar-refractivity contribution in [2.75, 3.05) is 38.1 Å². The molecule has 1 aliphatic heterocycles. The van der Waals surface area contributed by atoms with E-state index in [2.05, 4.69) is 5.32 Å². The molecule has 1 unspecified atom stereocenters. The van der Waals surface area contributed by atoms with Crippen molar-refractivity contribution in [3.05, 3.63) is 23.8 Å². The van der Waals surface area contributed by atoms with Crippen molar-refractivity contribution >= 4 is 11.5 Å². The van der Waals surface area contributed by atoms with Crippen LogP contribution in [0.3, 0.4) is 0 Å². The van der Waals surface area contributed by atoms with Crippen molar-refractivity contribution in [3.8, 4) is 5.75 Å². The molecule has 20 heavy (non-hydrogen) atoms. The minimum absolute atomic E-state index is 0.0588. The highest BCUT2D eigenvalue weighted by Gasteiger charge is 2.18. The molecule has 5 nitrogen and oxygen atoms in total. The molecule has 1 aliphatic rings. The fraction of sp³-hybridized carbons (Fsp3) is 0.533. The molecule has 2 N–H and O–H groups in total. The van der Waals surface area contributed by atoms with Gasteiger partial charge in [-0.2, -0.15) is 0 Å². The lowest BCUT2D eigenvalue weighted by atomic mass is 10.1. The molecule has 0 aromatic heterocycles. The first-order valence-electron chi connectivity index (χ1n) is 7.05. The summed E-state index contributed by atoms with van der Waals surface area (Å²) in [7, 11) is 0. The Balaban J connectivity index is 2.07. The maximum absolute atomic E-state index is 12.2. The van der Waals surface area contributed by atoms with Crippen LogP contribution in [0.25, 0.3) is 0 Å². The number of rotatable bonds is 6. The number of carbonyl (C=O) groups excluding carboxylic acids is 1. The van der Waals surface area contributed by atoms with Gasteiger partial charge in [0.1, 0.15) is 11.9 Å². The Morgan fingerprint density at radius 3 is 3.05 bits per heavy atom. The highest BCUT2D eigenvalue weighted by Crippen LogP contribution is 2.30. The predicted octanol–water partition coefficient (Wildman–Crippen LogP) is 1.38. The molecule has 0 radical (unpaired) electrons. The fourth-order valence-electron chi connectivity index (χ4n) is 2.24. The SMILES string of the molecule is CCN(CCO)CC(=O)c1ccc2c(c1)NCC(C)O2.